The zero-order valence-electron chi connectivity index (χ0n) is 10.9. The van der Waals surface area contributed by atoms with Crippen LogP contribution >= 0.6 is 38.5 Å². The molecule has 0 unspecified atom stereocenters. The van der Waals surface area contributed by atoms with Crippen molar-refractivity contribution in [3.63, 3.8) is 0 Å². The third-order valence-electron chi connectivity index (χ3n) is 2.86. The molecule has 0 bridgehead atoms. The minimum Gasteiger partial charge on any atom is -0.280 e. The van der Waals surface area contributed by atoms with Gasteiger partial charge in [0.1, 0.15) is 0 Å². The first kappa shape index (κ1) is 15.8. The summed E-state index contributed by atoms with van der Waals surface area (Å²) in [5.41, 5.74) is 2.57. The van der Waals surface area contributed by atoms with E-state index in [1.165, 1.54) is 0 Å². The molecule has 0 amide bonds. The van der Waals surface area contributed by atoms with Gasteiger partial charge in [-0.25, -0.2) is 8.42 Å². The first-order valence-electron chi connectivity index (χ1n) is 5.85. The van der Waals surface area contributed by atoms with Gasteiger partial charge in [0.25, 0.3) is 10.0 Å². The summed E-state index contributed by atoms with van der Waals surface area (Å²) in [4.78, 5) is 0.258. The highest BCUT2D eigenvalue weighted by Gasteiger charge is 2.15. The highest BCUT2D eigenvalue weighted by Crippen LogP contribution is 2.23. The summed E-state index contributed by atoms with van der Waals surface area (Å²) >= 11 is 5.55. The van der Waals surface area contributed by atoms with Crippen LogP contribution in [-0.4, -0.2) is 8.42 Å². The van der Waals surface area contributed by atoms with Gasteiger partial charge in [0.05, 0.1) is 4.90 Å². The van der Waals surface area contributed by atoms with Gasteiger partial charge in [0.15, 0.2) is 0 Å². The molecule has 0 aromatic heterocycles. The third-order valence-corrected chi connectivity index (χ3v) is 6.29. The highest BCUT2D eigenvalue weighted by molar-refractivity contribution is 14.1. The Hall–Kier alpha value is -0.600. The van der Waals surface area contributed by atoms with Crippen molar-refractivity contribution in [2.24, 2.45) is 0 Å². The van der Waals surface area contributed by atoms with E-state index in [2.05, 4.69) is 43.2 Å². The first-order chi connectivity index (χ1) is 9.29. The first-order valence-corrected chi connectivity index (χ1v) is 9.20. The fourth-order valence-corrected chi connectivity index (χ4v) is 3.55. The number of sulfonamides is 1. The second-order valence-electron chi connectivity index (χ2n) is 4.48. The Morgan fingerprint density at radius 3 is 2.35 bits per heavy atom. The summed E-state index contributed by atoms with van der Waals surface area (Å²) in [6.07, 6.45) is 0. The second kappa shape index (κ2) is 6.03. The summed E-state index contributed by atoms with van der Waals surface area (Å²) < 4.78 is 29.2. The molecule has 0 heterocycles. The average Bonchev–Trinajstić information content (AvgIpc) is 2.37. The van der Waals surface area contributed by atoms with Crippen LogP contribution in [0.3, 0.4) is 0 Å². The van der Waals surface area contributed by atoms with E-state index in [-0.39, 0.29) is 4.90 Å². The van der Waals surface area contributed by atoms with Crippen molar-refractivity contribution >= 4 is 54.2 Å². The van der Waals surface area contributed by atoms with Crippen molar-refractivity contribution in [3.8, 4) is 0 Å². The predicted molar refractivity (Wildman–Crippen MR) is 93.6 cm³/mol. The summed E-state index contributed by atoms with van der Waals surface area (Å²) in [6, 6.07) is 10.4. The van der Waals surface area contributed by atoms with E-state index >= 15 is 0 Å². The Kier molecular flexibility index (Phi) is 4.76. The van der Waals surface area contributed by atoms with Gasteiger partial charge >= 0.3 is 0 Å². The van der Waals surface area contributed by atoms with Gasteiger partial charge in [-0.05, 0) is 77.9 Å². The summed E-state index contributed by atoms with van der Waals surface area (Å²) in [5, 5.41) is 0. The van der Waals surface area contributed by atoms with Crippen LogP contribution < -0.4 is 4.72 Å². The fraction of sp³-hybridized carbons (Fsp3) is 0.143. The lowest BCUT2D eigenvalue weighted by molar-refractivity contribution is 0.601. The molecule has 3 nitrogen and oxygen atoms in total. The Labute approximate surface area is 141 Å². The monoisotopic (exact) mass is 465 g/mol. The molecule has 6 heteroatoms. The predicted octanol–water partition coefficient (Wildman–Crippen LogP) is 4.47. The molecule has 0 saturated carbocycles. The lowest BCUT2D eigenvalue weighted by Gasteiger charge is -2.10. The van der Waals surface area contributed by atoms with Crippen molar-refractivity contribution in [3.05, 3.63) is 55.6 Å². The zero-order chi connectivity index (χ0) is 14.9. The summed E-state index contributed by atoms with van der Waals surface area (Å²) in [5.74, 6) is 0. The van der Waals surface area contributed by atoms with E-state index in [0.29, 0.717) is 5.69 Å². The van der Waals surface area contributed by atoms with E-state index in [0.717, 1.165) is 19.2 Å². The van der Waals surface area contributed by atoms with Gasteiger partial charge in [0, 0.05) is 13.7 Å². The number of halogens is 2. The molecular formula is C14H13BrINO2S. The average molecular weight is 466 g/mol. The standard InChI is InChI=1S/C14H13BrINO2S/c1-9-3-4-11(8-14(9)16)17-20(18,19)12-5-6-13(15)10(2)7-12/h3-8,17H,1-2H3. The van der Waals surface area contributed by atoms with Gasteiger partial charge in [-0.2, -0.15) is 0 Å². The fourth-order valence-electron chi connectivity index (χ4n) is 1.65. The van der Waals surface area contributed by atoms with Crippen molar-refractivity contribution in [1.82, 2.24) is 0 Å². The molecule has 0 spiro atoms. The maximum absolute atomic E-state index is 12.3. The molecule has 1 N–H and O–H groups in total. The van der Waals surface area contributed by atoms with Gasteiger partial charge in [-0.1, -0.05) is 22.0 Å². The van der Waals surface area contributed by atoms with Gasteiger partial charge < -0.3 is 0 Å². The van der Waals surface area contributed by atoms with Gasteiger partial charge in [-0.3, -0.25) is 4.72 Å². The molecule has 2 aromatic carbocycles. The molecule has 0 aliphatic heterocycles. The molecule has 0 saturated heterocycles. The van der Waals surface area contributed by atoms with Crippen molar-refractivity contribution in [2.45, 2.75) is 18.7 Å². The van der Waals surface area contributed by atoms with Crippen LogP contribution in [0.25, 0.3) is 0 Å². The van der Waals surface area contributed by atoms with E-state index in [9.17, 15) is 8.42 Å². The number of anilines is 1. The molecule has 2 rings (SSSR count). The van der Waals surface area contributed by atoms with E-state index < -0.39 is 10.0 Å². The molecule has 0 aliphatic rings. The molecule has 0 aliphatic carbocycles. The zero-order valence-corrected chi connectivity index (χ0v) is 15.5. The van der Waals surface area contributed by atoms with Crippen LogP contribution in [0.15, 0.2) is 45.8 Å². The molecule has 0 fully saturated rings. The molecule has 106 valence electrons. The highest BCUT2D eigenvalue weighted by atomic mass is 127. The number of hydrogen-bond donors (Lipinski definition) is 1. The van der Waals surface area contributed by atoms with E-state index in [4.69, 9.17) is 0 Å². The van der Waals surface area contributed by atoms with Crippen LogP contribution in [0.1, 0.15) is 11.1 Å². The number of rotatable bonds is 3. The Morgan fingerprint density at radius 1 is 1.05 bits per heavy atom. The maximum Gasteiger partial charge on any atom is 0.261 e. The molecule has 0 radical (unpaired) electrons. The second-order valence-corrected chi connectivity index (χ2v) is 8.18. The van der Waals surface area contributed by atoms with E-state index in [1.54, 1.807) is 24.3 Å². The smallest absolute Gasteiger partial charge is 0.261 e. The van der Waals surface area contributed by atoms with Crippen LogP contribution in [-0.2, 0) is 10.0 Å². The van der Waals surface area contributed by atoms with Crippen LogP contribution in [0, 0.1) is 17.4 Å². The normalized spacial score (nSPS) is 11.4. The van der Waals surface area contributed by atoms with E-state index in [1.807, 2.05) is 26.0 Å². The minimum atomic E-state index is -3.56. The number of aryl methyl sites for hydroxylation is 2. The van der Waals surface area contributed by atoms with Crippen LogP contribution in [0.5, 0.6) is 0 Å². The Bertz CT molecular complexity index is 760. The molecule has 2 aromatic rings. The van der Waals surface area contributed by atoms with Crippen LogP contribution in [0.2, 0.25) is 0 Å². The lowest BCUT2D eigenvalue weighted by Crippen LogP contribution is -2.13. The number of benzene rings is 2. The van der Waals surface area contributed by atoms with Crippen LogP contribution in [0.4, 0.5) is 5.69 Å². The SMILES string of the molecule is Cc1cc(S(=O)(=O)Nc2ccc(C)c(I)c2)ccc1Br. The maximum atomic E-state index is 12.3. The molecule has 20 heavy (non-hydrogen) atoms. The number of hydrogen-bond acceptors (Lipinski definition) is 2. The Balaban J connectivity index is 2.35. The quantitative estimate of drug-likeness (QED) is 0.679. The molecule has 0 atom stereocenters. The lowest BCUT2D eigenvalue weighted by atomic mass is 10.2. The van der Waals surface area contributed by atoms with Crippen molar-refractivity contribution in [2.75, 3.05) is 4.72 Å². The largest absolute Gasteiger partial charge is 0.280 e. The van der Waals surface area contributed by atoms with Gasteiger partial charge in [-0.15, -0.1) is 0 Å². The van der Waals surface area contributed by atoms with Gasteiger partial charge in [0.2, 0.25) is 0 Å². The Morgan fingerprint density at radius 2 is 1.75 bits per heavy atom. The van der Waals surface area contributed by atoms with Crippen molar-refractivity contribution < 1.29 is 8.42 Å². The third kappa shape index (κ3) is 3.53. The summed E-state index contributed by atoms with van der Waals surface area (Å²) in [6.45, 7) is 3.84. The summed E-state index contributed by atoms with van der Waals surface area (Å²) in [7, 11) is -3.56. The topological polar surface area (TPSA) is 46.2 Å². The minimum absolute atomic E-state index is 0.258. The van der Waals surface area contributed by atoms with Crippen molar-refractivity contribution in [1.29, 1.82) is 0 Å². The molecular weight excluding hydrogens is 453 g/mol. The number of nitrogens with one attached hydrogen (secondary N) is 1.